The zero-order valence-corrected chi connectivity index (χ0v) is 16.9. The first kappa shape index (κ1) is 19.9. The first-order valence-corrected chi connectivity index (χ1v) is 9.93. The van der Waals surface area contributed by atoms with Crippen molar-refractivity contribution >= 4 is 17.4 Å². The average Bonchev–Trinajstić information content (AvgIpc) is 2.74. The van der Waals surface area contributed by atoms with Gasteiger partial charge >= 0.3 is 0 Å². The van der Waals surface area contributed by atoms with E-state index in [1.165, 1.54) is 12.1 Å². The van der Waals surface area contributed by atoms with Crippen LogP contribution in [0.5, 0.6) is 5.75 Å². The lowest BCUT2D eigenvalue weighted by Gasteiger charge is -2.34. The molecule has 2 N–H and O–H groups in total. The lowest BCUT2D eigenvalue weighted by atomic mass is 9.75. The molecular formula is C24H23FN2O3. The van der Waals surface area contributed by atoms with E-state index in [-0.39, 0.29) is 11.5 Å². The van der Waals surface area contributed by atoms with Crippen LogP contribution in [0.4, 0.5) is 10.1 Å². The van der Waals surface area contributed by atoms with Crippen molar-refractivity contribution in [1.82, 2.24) is 5.32 Å². The van der Waals surface area contributed by atoms with E-state index in [0.29, 0.717) is 29.0 Å². The Hall–Kier alpha value is -3.41. The molecule has 0 saturated carbocycles. The number of methoxy groups -OCH3 is 1. The number of carbonyl (C=O) groups excluding carboxylic acids is 2. The molecule has 6 heteroatoms. The van der Waals surface area contributed by atoms with Gasteiger partial charge in [-0.1, -0.05) is 24.3 Å². The number of anilines is 1. The lowest BCUT2D eigenvalue weighted by Crippen LogP contribution is -2.35. The topological polar surface area (TPSA) is 67.4 Å². The summed E-state index contributed by atoms with van der Waals surface area (Å²) in [7, 11) is 1.57. The van der Waals surface area contributed by atoms with Gasteiger partial charge in [0.15, 0.2) is 5.78 Å². The number of ketones is 1. The second-order valence-corrected chi connectivity index (χ2v) is 7.48. The molecule has 1 heterocycles. The monoisotopic (exact) mass is 406 g/mol. The highest BCUT2D eigenvalue weighted by molar-refractivity contribution is 6.09. The number of nitrogens with one attached hydrogen (secondary N) is 2. The summed E-state index contributed by atoms with van der Waals surface area (Å²) < 4.78 is 19.5. The molecule has 1 atom stereocenters. The van der Waals surface area contributed by atoms with Crippen LogP contribution in [0, 0.1) is 5.82 Å². The summed E-state index contributed by atoms with van der Waals surface area (Å²) in [5.74, 6) is -0.832. The maximum Gasteiger partial charge on any atom is 0.254 e. The SMILES string of the molecule is COc1cccc([C@H]2C(C(=O)Nc3ccccc3F)=C(C)NC3=C2C(=O)CCC3)c1. The number of ether oxygens (including phenoxy) is 1. The van der Waals surface area contributed by atoms with Crippen LogP contribution in [-0.2, 0) is 9.59 Å². The van der Waals surface area contributed by atoms with E-state index in [2.05, 4.69) is 10.6 Å². The summed E-state index contributed by atoms with van der Waals surface area (Å²) in [4.78, 5) is 26.2. The number of benzene rings is 2. The number of halogens is 1. The Morgan fingerprint density at radius 1 is 1.17 bits per heavy atom. The van der Waals surface area contributed by atoms with Crippen molar-refractivity contribution in [3.05, 3.63) is 82.5 Å². The predicted octanol–water partition coefficient (Wildman–Crippen LogP) is 4.44. The predicted molar refractivity (Wildman–Crippen MR) is 112 cm³/mol. The summed E-state index contributed by atoms with van der Waals surface area (Å²) in [5, 5.41) is 5.93. The molecule has 30 heavy (non-hydrogen) atoms. The van der Waals surface area contributed by atoms with Crippen LogP contribution < -0.4 is 15.4 Å². The fourth-order valence-corrected chi connectivity index (χ4v) is 4.19. The molecule has 1 amide bonds. The van der Waals surface area contributed by atoms with Gasteiger partial charge in [-0.15, -0.1) is 0 Å². The highest BCUT2D eigenvalue weighted by atomic mass is 19.1. The highest BCUT2D eigenvalue weighted by Gasteiger charge is 2.38. The molecule has 0 saturated heterocycles. The molecule has 0 fully saturated rings. The third-order valence-electron chi connectivity index (χ3n) is 5.57. The molecular weight excluding hydrogens is 383 g/mol. The standard InChI is InChI=1S/C24H23FN2O3/c1-14-21(24(29)27-18-10-4-3-9-17(18)25)22(15-7-5-8-16(13-15)30-2)23-19(26-14)11-6-12-20(23)28/h3-5,7-10,13,22,26H,6,11-12H2,1-2H3,(H,27,29)/t22-/m0/s1. The van der Waals surface area contributed by atoms with Crippen LogP contribution in [-0.4, -0.2) is 18.8 Å². The van der Waals surface area contributed by atoms with Crippen molar-refractivity contribution in [2.75, 3.05) is 12.4 Å². The Morgan fingerprint density at radius 3 is 2.73 bits per heavy atom. The van der Waals surface area contributed by atoms with Gasteiger partial charge in [0.1, 0.15) is 11.6 Å². The summed E-state index contributed by atoms with van der Waals surface area (Å²) >= 11 is 0. The molecule has 2 aromatic rings. The van der Waals surface area contributed by atoms with Gasteiger partial charge in [-0.05, 0) is 49.6 Å². The fourth-order valence-electron chi connectivity index (χ4n) is 4.19. The number of amides is 1. The first-order chi connectivity index (χ1) is 14.5. The number of dihydropyridines is 1. The molecule has 0 bridgehead atoms. The van der Waals surface area contributed by atoms with Crippen molar-refractivity contribution in [3.63, 3.8) is 0 Å². The number of rotatable bonds is 4. The number of Topliss-reactive ketones (excluding diaryl/α,β-unsaturated/α-hetero) is 1. The van der Waals surface area contributed by atoms with E-state index in [4.69, 9.17) is 4.74 Å². The van der Waals surface area contributed by atoms with E-state index < -0.39 is 17.6 Å². The Labute approximate surface area is 174 Å². The molecule has 5 nitrogen and oxygen atoms in total. The maximum absolute atomic E-state index is 14.1. The molecule has 4 rings (SSSR count). The zero-order chi connectivity index (χ0) is 21.3. The quantitative estimate of drug-likeness (QED) is 0.788. The van der Waals surface area contributed by atoms with E-state index in [0.717, 1.165) is 24.1 Å². The number of allylic oxidation sites excluding steroid dienone is 3. The normalized spacial score (nSPS) is 18.6. The van der Waals surface area contributed by atoms with E-state index in [1.54, 1.807) is 19.2 Å². The molecule has 0 aromatic heterocycles. The lowest BCUT2D eigenvalue weighted by molar-refractivity contribution is -0.116. The van der Waals surface area contributed by atoms with Crippen LogP contribution in [0.2, 0.25) is 0 Å². The van der Waals surface area contributed by atoms with E-state index in [1.807, 2.05) is 31.2 Å². The van der Waals surface area contributed by atoms with Gasteiger partial charge in [-0.3, -0.25) is 9.59 Å². The summed E-state index contributed by atoms with van der Waals surface area (Å²) in [6, 6.07) is 13.4. The summed E-state index contributed by atoms with van der Waals surface area (Å²) in [5.41, 5.74) is 3.42. The number of carbonyl (C=O) groups is 2. The first-order valence-electron chi connectivity index (χ1n) is 9.93. The van der Waals surface area contributed by atoms with Gasteiger partial charge in [0, 0.05) is 34.9 Å². The van der Waals surface area contributed by atoms with Crippen molar-refractivity contribution in [1.29, 1.82) is 0 Å². The minimum absolute atomic E-state index is 0.0280. The van der Waals surface area contributed by atoms with Crippen molar-refractivity contribution in [2.45, 2.75) is 32.1 Å². The minimum Gasteiger partial charge on any atom is -0.497 e. The van der Waals surface area contributed by atoms with Crippen molar-refractivity contribution < 1.29 is 18.7 Å². The second-order valence-electron chi connectivity index (χ2n) is 7.48. The second kappa shape index (κ2) is 8.14. The molecule has 2 aliphatic rings. The number of para-hydroxylation sites is 1. The molecule has 2 aromatic carbocycles. The Bertz CT molecular complexity index is 1090. The third kappa shape index (κ3) is 3.61. The Balaban J connectivity index is 1.81. The largest absolute Gasteiger partial charge is 0.497 e. The minimum atomic E-state index is -0.545. The smallest absolute Gasteiger partial charge is 0.254 e. The highest BCUT2D eigenvalue weighted by Crippen LogP contribution is 2.43. The Morgan fingerprint density at radius 2 is 1.97 bits per heavy atom. The summed E-state index contributed by atoms with van der Waals surface area (Å²) in [6.07, 6.45) is 1.98. The van der Waals surface area contributed by atoms with Gasteiger partial charge in [0.25, 0.3) is 5.91 Å². The Kier molecular flexibility index (Phi) is 5.40. The summed E-state index contributed by atoms with van der Waals surface area (Å²) in [6.45, 7) is 1.81. The number of hydrogen-bond donors (Lipinski definition) is 2. The van der Waals surface area contributed by atoms with E-state index >= 15 is 0 Å². The molecule has 1 aliphatic heterocycles. The van der Waals surface area contributed by atoms with Gasteiger partial charge in [0.2, 0.25) is 0 Å². The van der Waals surface area contributed by atoms with Crippen molar-refractivity contribution in [3.8, 4) is 5.75 Å². The zero-order valence-electron chi connectivity index (χ0n) is 16.9. The van der Waals surface area contributed by atoms with E-state index in [9.17, 15) is 14.0 Å². The van der Waals surface area contributed by atoms with Crippen LogP contribution >= 0.6 is 0 Å². The van der Waals surface area contributed by atoms with Crippen LogP contribution in [0.1, 0.15) is 37.7 Å². The molecule has 0 unspecified atom stereocenters. The van der Waals surface area contributed by atoms with Crippen LogP contribution in [0.15, 0.2) is 71.1 Å². The molecule has 0 radical (unpaired) electrons. The average molecular weight is 406 g/mol. The molecule has 1 aliphatic carbocycles. The van der Waals surface area contributed by atoms with Gasteiger partial charge in [-0.2, -0.15) is 0 Å². The molecule has 154 valence electrons. The number of hydrogen-bond acceptors (Lipinski definition) is 4. The van der Waals surface area contributed by atoms with Crippen LogP contribution in [0.3, 0.4) is 0 Å². The molecule has 0 spiro atoms. The fraction of sp³-hybridized carbons (Fsp3) is 0.250. The van der Waals surface area contributed by atoms with Crippen LogP contribution in [0.25, 0.3) is 0 Å². The van der Waals surface area contributed by atoms with Gasteiger partial charge in [-0.25, -0.2) is 4.39 Å². The maximum atomic E-state index is 14.1. The van der Waals surface area contributed by atoms with Gasteiger partial charge < -0.3 is 15.4 Å². The van der Waals surface area contributed by atoms with Crippen molar-refractivity contribution in [2.24, 2.45) is 0 Å². The van der Waals surface area contributed by atoms with Gasteiger partial charge in [0.05, 0.1) is 12.8 Å². The third-order valence-corrected chi connectivity index (χ3v) is 5.57.